The van der Waals surface area contributed by atoms with Gasteiger partial charge in [0.2, 0.25) is 5.95 Å². The van der Waals surface area contributed by atoms with E-state index in [0.717, 1.165) is 20.7 Å². The Labute approximate surface area is 157 Å². The molecule has 0 fully saturated rings. The predicted molar refractivity (Wildman–Crippen MR) is 108 cm³/mol. The first kappa shape index (κ1) is 17.1. The molecular weight excluding hydrogens is 358 g/mol. The second-order valence-corrected chi connectivity index (χ2v) is 7.89. The summed E-state index contributed by atoms with van der Waals surface area (Å²) < 4.78 is 27.3. The molecule has 0 aliphatic heterocycles. The summed E-state index contributed by atoms with van der Waals surface area (Å²) in [6.07, 6.45) is 0. The lowest BCUT2D eigenvalue weighted by Gasteiger charge is -2.10. The van der Waals surface area contributed by atoms with E-state index < -0.39 is 10.0 Å². The van der Waals surface area contributed by atoms with Gasteiger partial charge in [0.15, 0.2) is 0 Å². The van der Waals surface area contributed by atoms with Crippen LogP contribution < -0.4 is 5.73 Å². The maximum absolute atomic E-state index is 13.1. The van der Waals surface area contributed by atoms with Crippen molar-refractivity contribution in [3.8, 4) is 0 Å². The molecule has 0 unspecified atom stereocenters. The third kappa shape index (κ3) is 2.90. The zero-order valence-electron chi connectivity index (χ0n) is 14.4. The minimum Gasteiger partial charge on any atom is -0.368 e. The van der Waals surface area contributed by atoms with Crippen LogP contribution in [0.25, 0.3) is 16.6 Å². The molecule has 0 aliphatic rings. The SMILES string of the molecule is C=C(c1ccccc1)c1ccc2nc(N)n(S(=O)(=O)c3ccccc3)c2c1. The van der Waals surface area contributed by atoms with Crippen LogP contribution in [0.1, 0.15) is 11.1 Å². The Morgan fingerprint density at radius 3 is 2.19 bits per heavy atom. The molecule has 134 valence electrons. The van der Waals surface area contributed by atoms with Crippen LogP contribution in [0.15, 0.2) is 90.3 Å². The van der Waals surface area contributed by atoms with Crippen LogP contribution >= 0.6 is 0 Å². The lowest BCUT2D eigenvalue weighted by Crippen LogP contribution is -2.15. The van der Waals surface area contributed by atoms with Crippen LogP contribution in [0.4, 0.5) is 5.95 Å². The predicted octanol–water partition coefficient (Wildman–Crippen LogP) is 3.92. The average molecular weight is 375 g/mol. The van der Waals surface area contributed by atoms with Crippen molar-refractivity contribution in [2.45, 2.75) is 4.90 Å². The van der Waals surface area contributed by atoms with Crippen LogP contribution in [-0.2, 0) is 10.0 Å². The maximum atomic E-state index is 13.1. The Hall–Kier alpha value is -3.38. The number of benzene rings is 3. The smallest absolute Gasteiger partial charge is 0.271 e. The number of fused-ring (bicyclic) bond motifs is 1. The van der Waals surface area contributed by atoms with Gasteiger partial charge in [-0.25, -0.2) is 17.4 Å². The van der Waals surface area contributed by atoms with E-state index in [0.29, 0.717) is 11.0 Å². The van der Waals surface area contributed by atoms with Crippen LogP contribution in [0.3, 0.4) is 0 Å². The van der Waals surface area contributed by atoms with Crippen LogP contribution in [0.2, 0.25) is 0 Å². The van der Waals surface area contributed by atoms with E-state index in [-0.39, 0.29) is 10.8 Å². The van der Waals surface area contributed by atoms with Gasteiger partial charge in [0.25, 0.3) is 10.0 Å². The number of anilines is 1. The molecule has 4 rings (SSSR count). The van der Waals surface area contributed by atoms with Crippen molar-refractivity contribution in [3.05, 3.63) is 96.6 Å². The second-order valence-electron chi connectivity index (χ2n) is 6.10. The molecule has 3 aromatic carbocycles. The number of hydrogen-bond acceptors (Lipinski definition) is 4. The van der Waals surface area contributed by atoms with Gasteiger partial charge in [-0.05, 0) is 41.0 Å². The van der Waals surface area contributed by atoms with E-state index in [1.807, 2.05) is 36.4 Å². The zero-order valence-corrected chi connectivity index (χ0v) is 15.2. The maximum Gasteiger partial charge on any atom is 0.271 e. The largest absolute Gasteiger partial charge is 0.368 e. The summed E-state index contributed by atoms with van der Waals surface area (Å²) in [7, 11) is -3.86. The van der Waals surface area contributed by atoms with E-state index in [1.54, 1.807) is 30.3 Å². The molecule has 1 heterocycles. The van der Waals surface area contributed by atoms with E-state index in [1.165, 1.54) is 12.1 Å². The van der Waals surface area contributed by atoms with Crippen molar-refractivity contribution in [1.29, 1.82) is 0 Å². The Bertz CT molecular complexity index is 1240. The number of hydrogen-bond donors (Lipinski definition) is 1. The molecule has 6 heteroatoms. The Kier molecular flexibility index (Phi) is 4.05. The summed E-state index contributed by atoms with van der Waals surface area (Å²) in [6.45, 7) is 4.15. The molecular formula is C21H17N3O2S. The van der Waals surface area contributed by atoms with Crippen molar-refractivity contribution >= 4 is 32.6 Å². The summed E-state index contributed by atoms with van der Waals surface area (Å²) in [5.74, 6) is -0.0728. The topological polar surface area (TPSA) is 78.0 Å². The molecule has 5 nitrogen and oxygen atoms in total. The van der Waals surface area contributed by atoms with Gasteiger partial charge in [-0.3, -0.25) is 0 Å². The average Bonchev–Trinajstić information content (AvgIpc) is 3.04. The zero-order chi connectivity index (χ0) is 19.0. The number of nitrogens with two attached hydrogens (primary N) is 1. The van der Waals surface area contributed by atoms with E-state index in [4.69, 9.17) is 5.73 Å². The molecule has 0 radical (unpaired) electrons. The third-order valence-corrected chi connectivity index (χ3v) is 6.12. The van der Waals surface area contributed by atoms with Crippen molar-refractivity contribution in [2.75, 3.05) is 5.73 Å². The summed E-state index contributed by atoms with van der Waals surface area (Å²) in [4.78, 5) is 4.37. The quantitative estimate of drug-likeness (QED) is 0.586. The first-order valence-electron chi connectivity index (χ1n) is 8.32. The molecule has 0 amide bonds. The highest BCUT2D eigenvalue weighted by Crippen LogP contribution is 2.29. The molecule has 2 N–H and O–H groups in total. The van der Waals surface area contributed by atoms with E-state index in [2.05, 4.69) is 11.6 Å². The van der Waals surface area contributed by atoms with Gasteiger partial charge in [0.1, 0.15) is 0 Å². The van der Waals surface area contributed by atoms with Crippen molar-refractivity contribution in [2.24, 2.45) is 0 Å². The number of nitrogens with zero attached hydrogens (tertiary/aromatic N) is 2. The van der Waals surface area contributed by atoms with Gasteiger partial charge in [-0.1, -0.05) is 61.2 Å². The highest BCUT2D eigenvalue weighted by atomic mass is 32.2. The third-order valence-electron chi connectivity index (χ3n) is 4.39. The Balaban J connectivity index is 1.90. The first-order valence-corrected chi connectivity index (χ1v) is 9.76. The minimum absolute atomic E-state index is 0.0728. The van der Waals surface area contributed by atoms with Gasteiger partial charge in [0.05, 0.1) is 15.9 Å². The summed E-state index contributed by atoms with van der Waals surface area (Å²) >= 11 is 0. The number of rotatable bonds is 4. The molecule has 0 saturated carbocycles. The number of aromatic nitrogens is 2. The molecule has 27 heavy (non-hydrogen) atoms. The fourth-order valence-electron chi connectivity index (χ4n) is 3.02. The molecule has 0 bridgehead atoms. The van der Waals surface area contributed by atoms with Gasteiger partial charge in [-0.15, -0.1) is 0 Å². The lowest BCUT2D eigenvalue weighted by atomic mass is 9.99. The Morgan fingerprint density at radius 2 is 1.52 bits per heavy atom. The molecule has 0 aliphatic carbocycles. The molecule has 0 atom stereocenters. The highest BCUT2D eigenvalue weighted by Gasteiger charge is 2.23. The number of nitrogen functional groups attached to an aromatic ring is 1. The van der Waals surface area contributed by atoms with Crippen LogP contribution in [-0.4, -0.2) is 17.4 Å². The summed E-state index contributed by atoms with van der Waals surface area (Å²) in [5.41, 5.74) is 9.45. The fraction of sp³-hybridized carbons (Fsp3) is 0. The highest BCUT2D eigenvalue weighted by molar-refractivity contribution is 7.90. The van der Waals surface area contributed by atoms with Gasteiger partial charge >= 0.3 is 0 Å². The molecule has 4 aromatic rings. The van der Waals surface area contributed by atoms with Crippen LogP contribution in [0, 0.1) is 0 Å². The molecule has 0 spiro atoms. The monoisotopic (exact) mass is 375 g/mol. The van der Waals surface area contributed by atoms with Crippen LogP contribution in [0.5, 0.6) is 0 Å². The van der Waals surface area contributed by atoms with Gasteiger partial charge in [0, 0.05) is 0 Å². The van der Waals surface area contributed by atoms with Crippen molar-refractivity contribution in [1.82, 2.24) is 8.96 Å². The second kappa shape index (κ2) is 6.41. The Morgan fingerprint density at radius 1 is 0.889 bits per heavy atom. The van der Waals surface area contributed by atoms with Gasteiger partial charge in [-0.2, -0.15) is 0 Å². The summed E-state index contributed by atoms with van der Waals surface area (Å²) in [6, 6.07) is 23.3. The minimum atomic E-state index is -3.86. The van der Waals surface area contributed by atoms with Crippen molar-refractivity contribution < 1.29 is 8.42 Å². The van der Waals surface area contributed by atoms with Crippen molar-refractivity contribution in [3.63, 3.8) is 0 Å². The lowest BCUT2D eigenvalue weighted by molar-refractivity contribution is 0.589. The van der Waals surface area contributed by atoms with Gasteiger partial charge < -0.3 is 5.73 Å². The first-order chi connectivity index (χ1) is 13.0. The normalized spacial score (nSPS) is 11.6. The van der Waals surface area contributed by atoms with E-state index in [9.17, 15) is 8.42 Å². The fourth-order valence-corrected chi connectivity index (χ4v) is 4.42. The standard InChI is InChI=1S/C21H17N3O2S/c1-15(16-8-4-2-5-9-16)17-12-13-19-20(14-17)24(21(22)23-19)27(25,26)18-10-6-3-7-11-18/h2-14H,1H2,(H2,22,23). The number of imidazole rings is 1. The van der Waals surface area contributed by atoms with E-state index >= 15 is 0 Å². The molecule has 1 aromatic heterocycles. The molecule has 0 saturated heterocycles. The summed E-state index contributed by atoms with van der Waals surface area (Å²) in [5, 5.41) is 0.